The molecule has 1 aliphatic rings. The normalized spacial score (nSPS) is 16.7. The van der Waals surface area contributed by atoms with Gasteiger partial charge in [0, 0.05) is 5.56 Å². The van der Waals surface area contributed by atoms with Crippen LogP contribution >= 0.6 is 23.2 Å². The molecule has 1 atom stereocenters. The maximum absolute atomic E-state index is 12.5. The lowest BCUT2D eigenvalue weighted by Gasteiger charge is -2.36. The van der Waals surface area contributed by atoms with Crippen molar-refractivity contribution in [2.24, 2.45) is 0 Å². The highest BCUT2D eigenvalue weighted by Crippen LogP contribution is 2.43. The van der Waals surface area contributed by atoms with Gasteiger partial charge in [0.15, 0.2) is 6.23 Å². The number of ether oxygens (including phenoxy) is 2. The molecule has 0 aliphatic carbocycles. The van der Waals surface area contributed by atoms with Crippen LogP contribution in [0.4, 0.5) is 10.5 Å². The van der Waals surface area contributed by atoms with Crippen LogP contribution in [-0.2, 0) is 4.74 Å². The van der Waals surface area contributed by atoms with E-state index in [-0.39, 0.29) is 6.61 Å². The van der Waals surface area contributed by atoms with Crippen molar-refractivity contribution in [2.45, 2.75) is 6.23 Å². The van der Waals surface area contributed by atoms with Crippen LogP contribution in [-0.4, -0.2) is 12.7 Å². The van der Waals surface area contributed by atoms with Crippen molar-refractivity contribution in [3.63, 3.8) is 0 Å². The lowest BCUT2D eigenvalue weighted by Crippen LogP contribution is -2.42. The number of hydrogen-bond donors (Lipinski definition) is 0. The molecular formula is C17H13Cl2NO3. The summed E-state index contributed by atoms with van der Waals surface area (Å²) < 4.78 is 11.2. The summed E-state index contributed by atoms with van der Waals surface area (Å²) in [5, 5.41) is 0.669. The van der Waals surface area contributed by atoms with E-state index in [0.29, 0.717) is 27.0 Å². The maximum atomic E-state index is 12.5. The highest BCUT2D eigenvalue weighted by Gasteiger charge is 2.38. The Bertz CT molecular complexity index is 743. The van der Waals surface area contributed by atoms with E-state index in [1.165, 1.54) is 4.90 Å². The third-order valence-corrected chi connectivity index (χ3v) is 3.97. The SMILES string of the molecule is C=CCOC1c2ccccc2OC(=O)N1c1c(Cl)cccc1Cl. The Morgan fingerprint density at radius 1 is 1.17 bits per heavy atom. The summed E-state index contributed by atoms with van der Waals surface area (Å²) in [5.41, 5.74) is 1.06. The summed E-state index contributed by atoms with van der Waals surface area (Å²) in [7, 11) is 0. The molecule has 1 heterocycles. The van der Waals surface area contributed by atoms with Crippen LogP contribution in [0.1, 0.15) is 11.8 Å². The fourth-order valence-electron chi connectivity index (χ4n) is 2.41. The molecule has 118 valence electrons. The van der Waals surface area contributed by atoms with Crippen LogP contribution in [0.5, 0.6) is 5.75 Å². The van der Waals surface area contributed by atoms with Crippen LogP contribution in [0.2, 0.25) is 10.0 Å². The van der Waals surface area contributed by atoms with Crippen LogP contribution in [0.15, 0.2) is 55.1 Å². The van der Waals surface area contributed by atoms with Gasteiger partial charge in [0.1, 0.15) is 5.75 Å². The van der Waals surface area contributed by atoms with Gasteiger partial charge in [-0.15, -0.1) is 6.58 Å². The lowest BCUT2D eigenvalue weighted by molar-refractivity contribution is 0.0611. The molecule has 1 aliphatic heterocycles. The van der Waals surface area contributed by atoms with Gasteiger partial charge in [-0.25, -0.2) is 9.69 Å². The average Bonchev–Trinajstić information content (AvgIpc) is 2.53. The van der Waals surface area contributed by atoms with Crippen molar-refractivity contribution in [2.75, 3.05) is 11.5 Å². The van der Waals surface area contributed by atoms with Crippen molar-refractivity contribution in [1.29, 1.82) is 0 Å². The molecule has 0 N–H and O–H groups in total. The number of carbonyl (C=O) groups excluding carboxylic acids is 1. The largest absolute Gasteiger partial charge is 0.422 e. The fraction of sp³-hybridized carbons (Fsp3) is 0.118. The summed E-state index contributed by atoms with van der Waals surface area (Å²) in [6.07, 6.45) is 0.296. The molecule has 0 fully saturated rings. The first kappa shape index (κ1) is 15.9. The number of carbonyl (C=O) groups is 1. The number of benzene rings is 2. The molecule has 4 nitrogen and oxygen atoms in total. The molecule has 0 radical (unpaired) electrons. The first-order valence-electron chi connectivity index (χ1n) is 6.90. The molecule has 0 aromatic heterocycles. The number of halogens is 2. The number of para-hydroxylation sites is 2. The molecule has 1 amide bonds. The van der Waals surface area contributed by atoms with Gasteiger partial charge in [0.25, 0.3) is 0 Å². The summed E-state index contributed by atoms with van der Waals surface area (Å²) in [6.45, 7) is 3.90. The van der Waals surface area contributed by atoms with Crippen molar-refractivity contribution >= 4 is 35.0 Å². The van der Waals surface area contributed by atoms with Crippen molar-refractivity contribution in [1.82, 2.24) is 0 Å². The number of amides is 1. The predicted molar refractivity (Wildman–Crippen MR) is 90.3 cm³/mol. The van der Waals surface area contributed by atoms with Crippen LogP contribution in [0.3, 0.4) is 0 Å². The van der Waals surface area contributed by atoms with Crippen molar-refractivity contribution in [3.8, 4) is 5.75 Å². The second-order valence-electron chi connectivity index (χ2n) is 4.82. The summed E-state index contributed by atoms with van der Waals surface area (Å²) in [6, 6.07) is 12.2. The van der Waals surface area contributed by atoms with Gasteiger partial charge in [0.2, 0.25) is 0 Å². The van der Waals surface area contributed by atoms with Gasteiger partial charge < -0.3 is 9.47 Å². The molecule has 0 saturated carbocycles. The zero-order chi connectivity index (χ0) is 16.4. The lowest BCUT2D eigenvalue weighted by atomic mass is 10.1. The Labute approximate surface area is 143 Å². The minimum atomic E-state index is -0.706. The van der Waals surface area contributed by atoms with Gasteiger partial charge in [-0.3, -0.25) is 0 Å². The smallest absolute Gasteiger partial charge is 0.409 e. The second-order valence-corrected chi connectivity index (χ2v) is 5.63. The number of rotatable bonds is 4. The van der Waals surface area contributed by atoms with E-state index in [4.69, 9.17) is 32.7 Å². The number of anilines is 1. The number of hydrogen-bond acceptors (Lipinski definition) is 3. The molecule has 2 aromatic carbocycles. The van der Waals surface area contributed by atoms with E-state index in [2.05, 4.69) is 6.58 Å². The Kier molecular flexibility index (Phi) is 4.57. The quantitative estimate of drug-likeness (QED) is 0.710. The molecule has 0 saturated heterocycles. The predicted octanol–water partition coefficient (Wildman–Crippen LogP) is 5.21. The van der Waals surface area contributed by atoms with Crippen molar-refractivity contribution < 1.29 is 14.3 Å². The van der Waals surface area contributed by atoms with Gasteiger partial charge >= 0.3 is 6.09 Å². The number of nitrogens with zero attached hydrogens (tertiary/aromatic N) is 1. The Hall–Kier alpha value is -2.01. The molecular weight excluding hydrogens is 337 g/mol. The van der Waals surface area contributed by atoms with E-state index < -0.39 is 12.3 Å². The van der Waals surface area contributed by atoms with Crippen LogP contribution in [0, 0.1) is 0 Å². The summed E-state index contributed by atoms with van der Waals surface area (Å²) in [5.74, 6) is 0.450. The highest BCUT2D eigenvalue weighted by molar-refractivity contribution is 6.39. The summed E-state index contributed by atoms with van der Waals surface area (Å²) in [4.78, 5) is 13.8. The molecule has 0 spiro atoms. The Morgan fingerprint density at radius 2 is 1.87 bits per heavy atom. The van der Waals surface area contributed by atoms with Crippen molar-refractivity contribution in [3.05, 3.63) is 70.7 Å². The molecule has 3 rings (SSSR count). The zero-order valence-electron chi connectivity index (χ0n) is 12.0. The van der Waals surface area contributed by atoms with Crippen LogP contribution in [0.25, 0.3) is 0 Å². The molecule has 0 bridgehead atoms. The average molecular weight is 350 g/mol. The third-order valence-electron chi connectivity index (χ3n) is 3.36. The third kappa shape index (κ3) is 2.93. The first-order chi connectivity index (χ1) is 11.1. The zero-order valence-corrected chi connectivity index (χ0v) is 13.6. The van der Waals surface area contributed by atoms with Gasteiger partial charge in [-0.05, 0) is 18.2 Å². The van der Waals surface area contributed by atoms with Gasteiger partial charge in [-0.1, -0.05) is 53.5 Å². The Morgan fingerprint density at radius 3 is 2.57 bits per heavy atom. The second kappa shape index (κ2) is 6.62. The van der Waals surface area contributed by atoms with E-state index in [9.17, 15) is 4.79 Å². The van der Waals surface area contributed by atoms with Gasteiger partial charge in [-0.2, -0.15) is 0 Å². The first-order valence-corrected chi connectivity index (χ1v) is 7.65. The fourth-order valence-corrected chi connectivity index (χ4v) is 2.99. The van der Waals surface area contributed by atoms with E-state index >= 15 is 0 Å². The van der Waals surface area contributed by atoms with E-state index in [1.807, 2.05) is 12.1 Å². The van der Waals surface area contributed by atoms with E-state index in [1.54, 1.807) is 36.4 Å². The molecule has 6 heteroatoms. The Balaban J connectivity index is 2.14. The molecule has 23 heavy (non-hydrogen) atoms. The summed E-state index contributed by atoms with van der Waals surface area (Å²) >= 11 is 12.5. The maximum Gasteiger partial charge on any atom is 0.422 e. The molecule has 2 aromatic rings. The topological polar surface area (TPSA) is 38.8 Å². The molecule has 1 unspecified atom stereocenters. The minimum Gasteiger partial charge on any atom is -0.409 e. The minimum absolute atomic E-state index is 0.255. The van der Waals surface area contributed by atoms with Gasteiger partial charge in [0.05, 0.1) is 22.3 Å². The van der Waals surface area contributed by atoms with Crippen LogP contribution < -0.4 is 9.64 Å². The van der Waals surface area contributed by atoms with E-state index in [0.717, 1.165) is 0 Å². The monoisotopic (exact) mass is 349 g/mol. The highest BCUT2D eigenvalue weighted by atomic mass is 35.5. The number of fused-ring (bicyclic) bond motifs is 1. The standard InChI is InChI=1S/C17H13Cl2NO3/c1-2-10-22-16-11-6-3-4-9-14(11)23-17(21)20(16)15-12(18)7-5-8-13(15)19/h2-9,16H,1,10H2.